The lowest BCUT2D eigenvalue weighted by atomic mass is 9.99. The lowest BCUT2D eigenvalue weighted by Gasteiger charge is -2.13. The van der Waals surface area contributed by atoms with Gasteiger partial charge in [0.2, 0.25) is 0 Å². The minimum Gasteiger partial charge on any atom is -0.493 e. The van der Waals surface area contributed by atoms with Crippen LogP contribution in [0.15, 0.2) is 42.5 Å². The first-order valence-corrected chi connectivity index (χ1v) is 6.65. The van der Waals surface area contributed by atoms with Crippen LogP contribution < -0.4 is 9.47 Å². The summed E-state index contributed by atoms with van der Waals surface area (Å²) in [6.07, 6.45) is -1.32. The van der Waals surface area contributed by atoms with E-state index in [4.69, 9.17) is 21.1 Å². The minimum atomic E-state index is -1.32. The third kappa shape index (κ3) is 3.17. The summed E-state index contributed by atoms with van der Waals surface area (Å²) in [6.45, 7) is 0. The summed E-state index contributed by atoms with van der Waals surface area (Å²) in [5.41, 5.74) is 0.694. The van der Waals surface area contributed by atoms with Gasteiger partial charge in [0, 0.05) is 16.1 Å². The number of hydrogen-bond acceptors (Lipinski definition) is 4. The van der Waals surface area contributed by atoms with Gasteiger partial charge in [0.25, 0.3) is 0 Å². The minimum absolute atomic E-state index is 0.320. The van der Waals surface area contributed by atoms with Crippen molar-refractivity contribution in [3.63, 3.8) is 0 Å². The lowest BCUT2D eigenvalue weighted by molar-refractivity contribution is 0.0747. The third-order valence-electron chi connectivity index (χ3n) is 3.12. The van der Waals surface area contributed by atoms with Crippen LogP contribution >= 0.6 is 11.6 Å². The Morgan fingerprint density at radius 2 is 1.76 bits per heavy atom. The summed E-state index contributed by atoms with van der Waals surface area (Å²) in [6, 6.07) is 11.4. The van der Waals surface area contributed by atoms with Crippen LogP contribution in [0.1, 0.15) is 22.0 Å². The quantitative estimate of drug-likeness (QED) is 0.861. The van der Waals surface area contributed by atoms with E-state index in [0.717, 1.165) is 0 Å². The van der Waals surface area contributed by atoms with Crippen molar-refractivity contribution >= 4 is 17.4 Å². The first kappa shape index (κ1) is 15.4. The number of aliphatic hydroxyl groups is 1. The zero-order valence-corrected chi connectivity index (χ0v) is 12.4. The third-order valence-corrected chi connectivity index (χ3v) is 3.46. The maximum Gasteiger partial charge on any atom is 0.196 e. The fraction of sp³-hybridized carbons (Fsp3) is 0.188. The standard InChI is InChI=1S/C16H15ClO4/c1-20-13-8-7-10(9-14(13)21-2)15(18)16(19)11-5-3-4-6-12(11)17/h3-9,16,19H,1-2H3. The highest BCUT2D eigenvalue weighted by atomic mass is 35.5. The Morgan fingerprint density at radius 1 is 1.10 bits per heavy atom. The molecule has 0 radical (unpaired) electrons. The summed E-state index contributed by atoms with van der Waals surface area (Å²) < 4.78 is 10.3. The van der Waals surface area contributed by atoms with Crippen molar-refractivity contribution in [1.29, 1.82) is 0 Å². The molecule has 21 heavy (non-hydrogen) atoms. The van der Waals surface area contributed by atoms with Crippen molar-refractivity contribution in [1.82, 2.24) is 0 Å². The highest BCUT2D eigenvalue weighted by Crippen LogP contribution is 2.31. The molecule has 1 unspecified atom stereocenters. The lowest BCUT2D eigenvalue weighted by Crippen LogP contribution is -2.13. The van der Waals surface area contributed by atoms with E-state index >= 15 is 0 Å². The molecule has 2 aromatic carbocycles. The molecule has 0 aromatic heterocycles. The van der Waals surface area contributed by atoms with Crippen LogP contribution in [0.25, 0.3) is 0 Å². The van der Waals surface area contributed by atoms with Crippen molar-refractivity contribution < 1.29 is 19.4 Å². The van der Waals surface area contributed by atoms with Crippen LogP contribution in [0, 0.1) is 0 Å². The van der Waals surface area contributed by atoms with Crippen LogP contribution in [0.2, 0.25) is 5.02 Å². The number of aliphatic hydroxyl groups excluding tert-OH is 1. The Labute approximate surface area is 127 Å². The Bertz CT molecular complexity index is 654. The van der Waals surface area contributed by atoms with Crippen molar-refractivity contribution in [3.05, 3.63) is 58.6 Å². The predicted molar refractivity (Wildman–Crippen MR) is 80.3 cm³/mol. The molecule has 0 aliphatic rings. The number of ether oxygens (including phenoxy) is 2. The fourth-order valence-corrected chi connectivity index (χ4v) is 2.22. The molecule has 0 saturated carbocycles. The van der Waals surface area contributed by atoms with Gasteiger partial charge in [0.15, 0.2) is 17.3 Å². The molecule has 0 saturated heterocycles. The molecule has 0 heterocycles. The van der Waals surface area contributed by atoms with E-state index in [-0.39, 0.29) is 0 Å². The molecule has 0 bridgehead atoms. The van der Waals surface area contributed by atoms with Crippen molar-refractivity contribution in [2.24, 2.45) is 0 Å². The van der Waals surface area contributed by atoms with Gasteiger partial charge >= 0.3 is 0 Å². The largest absolute Gasteiger partial charge is 0.493 e. The summed E-state index contributed by atoms with van der Waals surface area (Å²) in [5.74, 6) is 0.486. The fourth-order valence-electron chi connectivity index (χ4n) is 1.99. The molecule has 1 N–H and O–H groups in total. The summed E-state index contributed by atoms with van der Waals surface area (Å²) in [4.78, 5) is 12.4. The van der Waals surface area contributed by atoms with Gasteiger partial charge in [-0.2, -0.15) is 0 Å². The van der Waals surface area contributed by atoms with Gasteiger partial charge in [-0.25, -0.2) is 0 Å². The molecule has 0 spiro atoms. The monoisotopic (exact) mass is 306 g/mol. The maximum atomic E-state index is 12.4. The van der Waals surface area contributed by atoms with Crippen LogP contribution in [-0.2, 0) is 0 Å². The first-order valence-electron chi connectivity index (χ1n) is 6.27. The number of Topliss-reactive ketones (excluding diaryl/α,β-unsaturated/α-hetero) is 1. The van der Waals surface area contributed by atoms with E-state index in [9.17, 15) is 9.90 Å². The van der Waals surface area contributed by atoms with Crippen LogP contribution in [-0.4, -0.2) is 25.1 Å². The van der Waals surface area contributed by atoms with E-state index in [0.29, 0.717) is 27.6 Å². The molecule has 2 rings (SSSR count). The number of carbonyl (C=O) groups is 1. The predicted octanol–water partition coefficient (Wildman–Crippen LogP) is 3.27. The van der Waals surface area contributed by atoms with E-state index in [2.05, 4.69) is 0 Å². The van der Waals surface area contributed by atoms with Gasteiger partial charge in [-0.1, -0.05) is 29.8 Å². The number of ketones is 1. The highest BCUT2D eigenvalue weighted by molar-refractivity contribution is 6.31. The van der Waals surface area contributed by atoms with E-state index in [1.54, 1.807) is 36.4 Å². The van der Waals surface area contributed by atoms with Gasteiger partial charge in [0.1, 0.15) is 6.10 Å². The molecule has 1 atom stereocenters. The smallest absolute Gasteiger partial charge is 0.196 e. The second kappa shape index (κ2) is 6.61. The van der Waals surface area contributed by atoms with Crippen LogP contribution in [0.4, 0.5) is 0 Å². The maximum absolute atomic E-state index is 12.4. The van der Waals surface area contributed by atoms with Gasteiger partial charge < -0.3 is 14.6 Å². The molecular formula is C16H15ClO4. The zero-order chi connectivity index (χ0) is 15.4. The Kier molecular flexibility index (Phi) is 4.83. The van der Waals surface area contributed by atoms with E-state index < -0.39 is 11.9 Å². The highest BCUT2D eigenvalue weighted by Gasteiger charge is 2.22. The Hall–Kier alpha value is -2.04. The normalized spacial score (nSPS) is 11.8. The van der Waals surface area contributed by atoms with Crippen molar-refractivity contribution in [2.45, 2.75) is 6.10 Å². The van der Waals surface area contributed by atoms with Gasteiger partial charge in [-0.3, -0.25) is 4.79 Å². The number of benzene rings is 2. The molecule has 5 heteroatoms. The molecular weight excluding hydrogens is 292 g/mol. The SMILES string of the molecule is COc1ccc(C(=O)C(O)c2ccccc2Cl)cc1OC. The van der Waals surface area contributed by atoms with E-state index in [1.807, 2.05) is 0 Å². The Balaban J connectivity index is 2.34. The molecule has 0 aliphatic heterocycles. The second-order valence-corrected chi connectivity index (χ2v) is 4.77. The molecule has 0 amide bonds. The zero-order valence-electron chi connectivity index (χ0n) is 11.7. The topological polar surface area (TPSA) is 55.8 Å². The number of halogens is 1. The molecule has 4 nitrogen and oxygen atoms in total. The second-order valence-electron chi connectivity index (χ2n) is 4.36. The summed E-state index contributed by atoms with van der Waals surface area (Å²) in [5, 5.41) is 10.6. The molecule has 110 valence electrons. The average Bonchev–Trinajstić information content (AvgIpc) is 2.53. The van der Waals surface area contributed by atoms with Crippen LogP contribution in [0.3, 0.4) is 0 Å². The van der Waals surface area contributed by atoms with Gasteiger partial charge in [0.05, 0.1) is 14.2 Å². The van der Waals surface area contributed by atoms with Gasteiger partial charge in [-0.05, 0) is 24.3 Å². The summed E-state index contributed by atoms with van der Waals surface area (Å²) in [7, 11) is 2.99. The molecule has 2 aromatic rings. The Morgan fingerprint density at radius 3 is 2.38 bits per heavy atom. The number of methoxy groups -OCH3 is 2. The molecule has 0 fully saturated rings. The summed E-state index contributed by atoms with van der Waals surface area (Å²) >= 11 is 6.00. The first-order chi connectivity index (χ1) is 10.1. The molecule has 0 aliphatic carbocycles. The average molecular weight is 307 g/mol. The van der Waals surface area contributed by atoms with Gasteiger partial charge in [-0.15, -0.1) is 0 Å². The van der Waals surface area contributed by atoms with E-state index in [1.165, 1.54) is 20.3 Å². The van der Waals surface area contributed by atoms with Crippen molar-refractivity contribution in [2.75, 3.05) is 14.2 Å². The number of rotatable bonds is 5. The number of hydrogen-bond donors (Lipinski definition) is 1. The number of carbonyl (C=O) groups excluding carboxylic acids is 1. The van der Waals surface area contributed by atoms with Crippen LogP contribution in [0.5, 0.6) is 11.5 Å². The van der Waals surface area contributed by atoms with Crippen molar-refractivity contribution in [3.8, 4) is 11.5 Å².